The van der Waals surface area contributed by atoms with Crippen molar-refractivity contribution in [2.75, 3.05) is 43.4 Å². The van der Waals surface area contributed by atoms with Gasteiger partial charge in [0.15, 0.2) is 0 Å². The molecule has 13 heteroatoms. The molecule has 1 aliphatic carbocycles. The summed E-state index contributed by atoms with van der Waals surface area (Å²) in [4.78, 5) is 34.6. The molecular formula is C33H50N10O3. The predicted octanol–water partition coefficient (Wildman–Crippen LogP) is 3.78. The van der Waals surface area contributed by atoms with Crippen LogP contribution in [0.25, 0.3) is 10.9 Å². The molecule has 13 nitrogen and oxygen atoms in total. The summed E-state index contributed by atoms with van der Waals surface area (Å²) in [5, 5.41) is 32.6. The van der Waals surface area contributed by atoms with Crippen molar-refractivity contribution in [2.24, 2.45) is 0 Å². The van der Waals surface area contributed by atoms with Crippen LogP contribution in [0, 0.1) is 0 Å². The van der Waals surface area contributed by atoms with Gasteiger partial charge in [0.2, 0.25) is 11.9 Å². The topological polar surface area (TPSA) is 162 Å². The number of carbonyl (C=O) groups excluding carboxylic acids is 1. The molecule has 2 aromatic heterocycles. The van der Waals surface area contributed by atoms with Gasteiger partial charge in [0.25, 0.3) is 0 Å². The van der Waals surface area contributed by atoms with Crippen LogP contribution in [-0.2, 0) is 22.7 Å². The SMILES string of the molecule is O=C(O)CCCC(=O)N1CCC(Nc2nc(NCc3cn(CCCNCCCNC4CCCCC4)nn3)nc3ccccc23)CC1. The third-order valence-electron chi connectivity index (χ3n) is 8.90. The number of likely N-dealkylation sites (tertiary alicyclic amines) is 1. The van der Waals surface area contributed by atoms with Gasteiger partial charge in [0.1, 0.15) is 11.5 Å². The average Bonchev–Trinajstić information content (AvgIpc) is 3.53. The number of hydrogen-bond donors (Lipinski definition) is 5. The molecule has 3 heterocycles. The fourth-order valence-electron chi connectivity index (χ4n) is 6.30. The van der Waals surface area contributed by atoms with Gasteiger partial charge < -0.3 is 31.3 Å². The molecule has 46 heavy (non-hydrogen) atoms. The van der Waals surface area contributed by atoms with Crippen LogP contribution in [0.1, 0.15) is 82.7 Å². The number of aliphatic carboxylic acids is 1. The number of benzene rings is 1. The van der Waals surface area contributed by atoms with Gasteiger partial charge in [-0.05, 0) is 76.7 Å². The van der Waals surface area contributed by atoms with Gasteiger partial charge in [-0.15, -0.1) is 5.10 Å². The summed E-state index contributed by atoms with van der Waals surface area (Å²) in [5.41, 5.74) is 1.67. The van der Waals surface area contributed by atoms with E-state index in [9.17, 15) is 9.59 Å². The number of carboxylic acids is 1. The quantitative estimate of drug-likeness (QED) is 0.130. The lowest BCUT2D eigenvalue weighted by Gasteiger charge is -2.33. The minimum absolute atomic E-state index is 0.0235. The van der Waals surface area contributed by atoms with Crippen LogP contribution in [0.2, 0.25) is 0 Å². The van der Waals surface area contributed by atoms with E-state index in [1.807, 2.05) is 40.0 Å². The van der Waals surface area contributed by atoms with Gasteiger partial charge in [0.05, 0.1) is 18.3 Å². The van der Waals surface area contributed by atoms with Gasteiger partial charge in [-0.3, -0.25) is 14.3 Å². The molecule has 3 aromatic rings. The maximum Gasteiger partial charge on any atom is 0.303 e. The van der Waals surface area contributed by atoms with Crippen molar-refractivity contribution in [1.29, 1.82) is 0 Å². The second-order valence-corrected chi connectivity index (χ2v) is 12.5. The molecule has 1 aromatic carbocycles. The normalized spacial score (nSPS) is 16.1. The van der Waals surface area contributed by atoms with Gasteiger partial charge in [-0.25, -0.2) is 4.98 Å². The first-order valence-corrected chi connectivity index (χ1v) is 17.1. The largest absolute Gasteiger partial charge is 0.481 e. The minimum atomic E-state index is -0.866. The number of nitrogens with one attached hydrogen (secondary N) is 4. The number of hydrogen-bond acceptors (Lipinski definition) is 10. The lowest BCUT2D eigenvalue weighted by atomic mass is 9.95. The van der Waals surface area contributed by atoms with E-state index in [2.05, 4.69) is 31.6 Å². The highest BCUT2D eigenvalue weighted by Crippen LogP contribution is 2.25. The Morgan fingerprint density at radius 2 is 1.70 bits per heavy atom. The number of amides is 1. The first-order valence-electron chi connectivity index (χ1n) is 17.1. The Morgan fingerprint density at radius 3 is 2.52 bits per heavy atom. The van der Waals surface area contributed by atoms with Gasteiger partial charge in [-0.1, -0.05) is 36.6 Å². The molecule has 0 atom stereocenters. The number of anilines is 2. The van der Waals surface area contributed by atoms with Crippen LogP contribution in [0.3, 0.4) is 0 Å². The van der Waals surface area contributed by atoms with Crippen LogP contribution in [0.5, 0.6) is 0 Å². The molecule has 2 aliphatic rings. The Bertz CT molecular complexity index is 1390. The van der Waals surface area contributed by atoms with E-state index in [0.717, 1.165) is 80.3 Å². The van der Waals surface area contributed by atoms with Gasteiger partial charge in [0, 0.05) is 49.9 Å². The highest BCUT2D eigenvalue weighted by molar-refractivity contribution is 5.90. The Balaban J connectivity index is 1.03. The molecule has 250 valence electrons. The Kier molecular flexibility index (Phi) is 12.9. The lowest BCUT2D eigenvalue weighted by Crippen LogP contribution is -2.42. The molecule has 0 bridgehead atoms. The van der Waals surface area contributed by atoms with E-state index in [1.165, 1.54) is 32.1 Å². The molecule has 2 fully saturated rings. The number of piperidine rings is 1. The number of rotatable bonds is 18. The van der Waals surface area contributed by atoms with Crippen molar-refractivity contribution >= 4 is 34.5 Å². The maximum atomic E-state index is 12.5. The number of carboxylic acid groups (broad SMARTS) is 1. The monoisotopic (exact) mass is 634 g/mol. The van der Waals surface area contributed by atoms with Crippen molar-refractivity contribution in [3.63, 3.8) is 0 Å². The second kappa shape index (κ2) is 17.7. The molecule has 1 saturated heterocycles. The van der Waals surface area contributed by atoms with E-state index in [1.54, 1.807) is 0 Å². The van der Waals surface area contributed by atoms with Crippen molar-refractivity contribution in [1.82, 2.24) is 40.5 Å². The first kappa shape index (κ1) is 33.5. The summed E-state index contributed by atoms with van der Waals surface area (Å²) in [7, 11) is 0. The minimum Gasteiger partial charge on any atom is -0.481 e. The van der Waals surface area contributed by atoms with Crippen molar-refractivity contribution in [3.8, 4) is 0 Å². The highest BCUT2D eigenvalue weighted by atomic mass is 16.4. The number of fused-ring (bicyclic) bond motifs is 1. The lowest BCUT2D eigenvalue weighted by molar-refractivity contribution is -0.137. The van der Waals surface area contributed by atoms with Gasteiger partial charge in [-0.2, -0.15) is 4.98 Å². The molecule has 0 unspecified atom stereocenters. The van der Waals surface area contributed by atoms with E-state index in [0.29, 0.717) is 32.0 Å². The number of nitrogens with zero attached hydrogens (tertiary/aromatic N) is 6. The van der Waals surface area contributed by atoms with Crippen LogP contribution in [0.4, 0.5) is 11.8 Å². The van der Waals surface area contributed by atoms with E-state index < -0.39 is 5.97 Å². The van der Waals surface area contributed by atoms with Crippen LogP contribution >= 0.6 is 0 Å². The van der Waals surface area contributed by atoms with E-state index >= 15 is 0 Å². The summed E-state index contributed by atoms with van der Waals surface area (Å²) in [6, 6.07) is 8.83. The number of para-hydroxylation sites is 1. The molecule has 1 aliphatic heterocycles. The fourth-order valence-corrected chi connectivity index (χ4v) is 6.30. The second-order valence-electron chi connectivity index (χ2n) is 12.5. The molecule has 0 radical (unpaired) electrons. The fraction of sp³-hybridized carbons (Fsp3) is 0.636. The zero-order valence-corrected chi connectivity index (χ0v) is 26.9. The molecule has 0 spiro atoms. The summed E-state index contributed by atoms with van der Waals surface area (Å²) in [6.45, 7) is 5.64. The summed E-state index contributed by atoms with van der Waals surface area (Å²) in [5.74, 6) is 0.444. The molecule has 1 amide bonds. The van der Waals surface area contributed by atoms with E-state index in [-0.39, 0.29) is 24.8 Å². The van der Waals surface area contributed by atoms with Gasteiger partial charge >= 0.3 is 5.97 Å². The predicted molar refractivity (Wildman–Crippen MR) is 179 cm³/mol. The zero-order valence-electron chi connectivity index (χ0n) is 26.9. The average molecular weight is 635 g/mol. The van der Waals surface area contributed by atoms with Crippen LogP contribution in [0.15, 0.2) is 30.5 Å². The molecule has 5 rings (SSSR count). The Labute approximate surface area is 271 Å². The Hall–Kier alpha value is -3.84. The summed E-state index contributed by atoms with van der Waals surface area (Å²) in [6.07, 6.45) is 13.2. The molecule has 5 N–H and O–H groups in total. The van der Waals surface area contributed by atoms with Crippen LogP contribution in [-0.4, -0.2) is 91.7 Å². The number of carbonyl (C=O) groups is 2. The van der Waals surface area contributed by atoms with Crippen molar-refractivity contribution in [2.45, 2.75) is 102 Å². The summed E-state index contributed by atoms with van der Waals surface area (Å²) < 4.78 is 1.89. The smallest absolute Gasteiger partial charge is 0.303 e. The standard InChI is InChI=1S/C33H50N10O3/c44-30(13-6-14-31(45)46)42-21-15-26(16-22-42)37-32-28-11-4-5-12-29(28)38-33(39-32)36-23-27-24-43(41-40-27)20-8-18-34-17-7-19-35-25-9-2-1-3-10-25/h4-5,11-12,24-26,34-35H,1-3,6-10,13-23H2,(H,45,46)(H2,36,37,38,39). The third kappa shape index (κ3) is 10.6. The first-order chi connectivity index (χ1) is 22.5. The summed E-state index contributed by atoms with van der Waals surface area (Å²) >= 11 is 0. The third-order valence-corrected chi connectivity index (χ3v) is 8.90. The number of aromatic nitrogens is 5. The zero-order chi connectivity index (χ0) is 32.0. The Morgan fingerprint density at radius 1 is 0.891 bits per heavy atom. The maximum absolute atomic E-state index is 12.5. The number of aryl methyl sites for hydroxylation is 1. The molecular weight excluding hydrogens is 584 g/mol. The highest BCUT2D eigenvalue weighted by Gasteiger charge is 2.23. The van der Waals surface area contributed by atoms with Crippen LogP contribution < -0.4 is 21.3 Å². The van der Waals surface area contributed by atoms with Crippen molar-refractivity contribution < 1.29 is 14.7 Å². The van der Waals surface area contributed by atoms with Crippen molar-refractivity contribution in [3.05, 3.63) is 36.2 Å². The van der Waals surface area contributed by atoms with E-state index in [4.69, 9.17) is 15.1 Å². The molecule has 1 saturated carbocycles.